The summed E-state index contributed by atoms with van der Waals surface area (Å²) in [5.41, 5.74) is 1.08. The summed E-state index contributed by atoms with van der Waals surface area (Å²) in [6.07, 6.45) is 7.28. The lowest BCUT2D eigenvalue weighted by atomic mass is 9.92. The van der Waals surface area contributed by atoms with E-state index in [1.54, 1.807) is 0 Å². The van der Waals surface area contributed by atoms with Crippen molar-refractivity contribution < 1.29 is 0 Å². The van der Waals surface area contributed by atoms with E-state index >= 15 is 0 Å². The first-order valence-corrected chi connectivity index (χ1v) is 5.26. The van der Waals surface area contributed by atoms with Crippen LogP contribution in [0.15, 0.2) is 6.20 Å². The van der Waals surface area contributed by atoms with Gasteiger partial charge in [-0.25, -0.2) is 4.98 Å². The molecular weight excluding hydrogens is 172 g/mol. The second kappa shape index (κ2) is 3.52. The molecule has 2 nitrogen and oxygen atoms in total. The van der Waals surface area contributed by atoms with E-state index in [2.05, 4.69) is 42.9 Å². The van der Waals surface area contributed by atoms with Crippen molar-refractivity contribution >= 4 is 12.2 Å². The molecule has 0 amide bonds. The predicted molar refractivity (Wildman–Crippen MR) is 57.9 cm³/mol. The van der Waals surface area contributed by atoms with Crippen molar-refractivity contribution in [3.8, 4) is 0 Å². The van der Waals surface area contributed by atoms with Crippen LogP contribution in [-0.4, -0.2) is 9.97 Å². The quantitative estimate of drug-likeness (QED) is 0.654. The normalized spacial score (nSPS) is 24.8. The van der Waals surface area contributed by atoms with Gasteiger partial charge in [0.2, 0.25) is 0 Å². The third-order valence-corrected chi connectivity index (χ3v) is 2.91. The van der Waals surface area contributed by atoms with Crippen LogP contribution in [0.3, 0.4) is 0 Å². The van der Waals surface area contributed by atoms with Crippen LogP contribution in [0.1, 0.15) is 26.5 Å². The lowest BCUT2D eigenvalue weighted by Gasteiger charge is -2.15. The molecule has 0 bridgehead atoms. The first-order valence-electron chi connectivity index (χ1n) is 5.26. The third kappa shape index (κ3) is 1.57. The Hall–Kier alpha value is -1.18. The highest BCUT2D eigenvalue weighted by molar-refractivity contribution is 5.38. The maximum atomic E-state index is 4.57. The molecule has 0 aliphatic heterocycles. The highest BCUT2D eigenvalue weighted by Gasteiger charge is 2.11. The monoisotopic (exact) mass is 188 g/mol. The molecule has 2 unspecified atom stereocenters. The highest BCUT2D eigenvalue weighted by atomic mass is 14.8. The van der Waals surface area contributed by atoms with Crippen molar-refractivity contribution in [3.63, 3.8) is 0 Å². The Morgan fingerprint density at radius 1 is 1.14 bits per heavy atom. The maximum Gasteiger partial charge on any atom is 0.0850 e. The minimum absolute atomic E-state index is 0.573. The van der Waals surface area contributed by atoms with Gasteiger partial charge in [-0.1, -0.05) is 32.9 Å². The average Bonchev–Trinajstić information content (AvgIpc) is 2.19. The van der Waals surface area contributed by atoms with E-state index < -0.39 is 0 Å². The molecule has 1 heterocycles. The molecule has 1 aromatic heterocycles. The number of nitrogens with zero attached hydrogens (tertiary/aromatic N) is 2. The molecular formula is C12H16N2. The van der Waals surface area contributed by atoms with Crippen molar-refractivity contribution in [1.29, 1.82) is 0 Å². The fraction of sp³-hybridized carbons (Fsp3) is 0.500. The number of rotatable bonds is 1. The van der Waals surface area contributed by atoms with Crippen LogP contribution in [0.25, 0.3) is 12.2 Å². The number of aryl methyl sites for hydroxylation is 1. The molecule has 0 N–H and O–H groups in total. The molecule has 0 saturated heterocycles. The van der Waals surface area contributed by atoms with Gasteiger partial charge >= 0.3 is 0 Å². The smallest absolute Gasteiger partial charge is 0.0850 e. The molecule has 0 fully saturated rings. The first kappa shape index (κ1) is 9.38. The zero-order valence-electron chi connectivity index (χ0n) is 8.99. The van der Waals surface area contributed by atoms with E-state index in [0.29, 0.717) is 11.8 Å². The Bertz CT molecular complexity index is 448. The number of hydrogen-bond donors (Lipinski definition) is 0. The van der Waals surface area contributed by atoms with Crippen LogP contribution in [-0.2, 0) is 6.42 Å². The largest absolute Gasteiger partial charge is 0.253 e. The molecule has 0 spiro atoms. The van der Waals surface area contributed by atoms with E-state index in [4.69, 9.17) is 0 Å². The van der Waals surface area contributed by atoms with Gasteiger partial charge in [-0.2, -0.15) is 0 Å². The van der Waals surface area contributed by atoms with Crippen molar-refractivity contribution in [2.24, 2.45) is 11.8 Å². The number of aromatic nitrogens is 2. The Labute approximate surface area is 84.4 Å². The standard InChI is InChI=1S/C12H16N2/c1-4-10-7-13-11-5-8(2)9(3)6-12(11)14-10/h5-9H,4H2,1-3H3. The van der Waals surface area contributed by atoms with Crippen LogP contribution < -0.4 is 10.7 Å². The summed E-state index contributed by atoms with van der Waals surface area (Å²) in [6.45, 7) is 6.55. The second-order valence-electron chi connectivity index (χ2n) is 4.04. The minimum Gasteiger partial charge on any atom is -0.253 e. The molecule has 14 heavy (non-hydrogen) atoms. The van der Waals surface area contributed by atoms with E-state index in [-0.39, 0.29) is 0 Å². The number of fused-ring (bicyclic) bond motifs is 1. The van der Waals surface area contributed by atoms with Crippen molar-refractivity contribution in [3.05, 3.63) is 22.6 Å². The molecule has 0 radical (unpaired) electrons. The first-order chi connectivity index (χ1) is 6.70. The summed E-state index contributed by atoms with van der Waals surface area (Å²) in [5, 5.41) is 2.11. The number of hydrogen-bond acceptors (Lipinski definition) is 2. The molecule has 1 aliphatic carbocycles. The lowest BCUT2D eigenvalue weighted by Crippen LogP contribution is -2.37. The van der Waals surface area contributed by atoms with Crippen LogP contribution >= 0.6 is 0 Å². The third-order valence-electron chi connectivity index (χ3n) is 2.91. The zero-order valence-corrected chi connectivity index (χ0v) is 8.99. The second-order valence-corrected chi connectivity index (χ2v) is 4.04. The molecule has 0 aromatic carbocycles. The van der Waals surface area contributed by atoms with Gasteiger partial charge in [0, 0.05) is 6.20 Å². The summed E-state index contributed by atoms with van der Waals surface area (Å²) in [5.74, 6) is 1.15. The van der Waals surface area contributed by atoms with Crippen LogP contribution in [0.5, 0.6) is 0 Å². The predicted octanol–water partition coefficient (Wildman–Crippen LogP) is 0.886. The Balaban J connectivity index is 2.62. The van der Waals surface area contributed by atoms with Crippen LogP contribution in [0, 0.1) is 11.8 Å². The lowest BCUT2D eigenvalue weighted by molar-refractivity contribution is 0.602. The molecule has 2 heteroatoms. The van der Waals surface area contributed by atoms with Gasteiger partial charge in [0.1, 0.15) is 0 Å². The topological polar surface area (TPSA) is 25.8 Å². The average molecular weight is 188 g/mol. The van der Waals surface area contributed by atoms with E-state index in [1.165, 1.54) is 0 Å². The highest BCUT2D eigenvalue weighted by Crippen LogP contribution is 2.14. The molecule has 2 rings (SSSR count). The van der Waals surface area contributed by atoms with Gasteiger partial charge < -0.3 is 0 Å². The van der Waals surface area contributed by atoms with E-state index in [0.717, 1.165) is 22.8 Å². The fourth-order valence-electron chi connectivity index (χ4n) is 1.67. The minimum atomic E-state index is 0.573. The summed E-state index contributed by atoms with van der Waals surface area (Å²) in [4.78, 5) is 8.99. The van der Waals surface area contributed by atoms with E-state index in [9.17, 15) is 0 Å². The summed E-state index contributed by atoms with van der Waals surface area (Å²) >= 11 is 0. The summed E-state index contributed by atoms with van der Waals surface area (Å²) in [7, 11) is 0. The SMILES string of the molecule is CCc1cnc2c(n1)=CC(C)C(C)C=2. The Kier molecular flexibility index (Phi) is 2.36. The maximum absolute atomic E-state index is 4.57. The molecule has 2 atom stereocenters. The molecule has 1 aromatic rings. The van der Waals surface area contributed by atoms with E-state index in [1.807, 2.05) is 6.20 Å². The Morgan fingerprint density at radius 2 is 1.79 bits per heavy atom. The summed E-state index contributed by atoms with van der Waals surface area (Å²) < 4.78 is 0. The van der Waals surface area contributed by atoms with Crippen molar-refractivity contribution in [1.82, 2.24) is 9.97 Å². The van der Waals surface area contributed by atoms with Gasteiger partial charge in [0.15, 0.2) is 0 Å². The van der Waals surface area contributed by atoms with Gasteiger partial charge in [0.25, 0.3) is 0 Å². The van der Waals surface area contributed by atoms with Crippen LogP contribution in [0.2, 0.25) is 0 Å². The molecule has 0 saturated carbocycles. The fourth-order valence-corrected chi connectivity index (χ4v) is 1.67. The molecule has 74 valence electrons. The van der Waals surface area contributed by atoms with Gasteiger partial charge in [-0.3, -0.25) is 4.98 Å². The van der Waals surface area contributed by atoms with Gasteiger partial charge in [-0.05, 0) is 18.3 Å². The van der Waals surface area contributed by atoms with Gasteiger partial charge in [0.05, 0.1) is 16.4 Å². The van der Waals surface area contributed by atoms with Crippen molar-refractivity contribution in [2.45, 2.75) is 27.2 Å². The Morgan fingerprint density at radius 3 is 2.43 bits per heavy atom. The van der Waals surface area contributed by atoms with Gasteiger partial charge in [-0.15, -0.1) is 0 Å². The van der Waals surface area contributed by atoms with Crippen molar-refractivity contribution in [2.75, 3.05) is 0 Å². The molecule has 1 aliphatic rings. The zero-order chi connectivity index (χ0) is 10.1. The van der Waals surface area contributed by atoms with Crippen LogP contribution in [0.4, 0.5) is 0 Å². The summed E-state index contributed by atoms with van der Waals surface area (Å²) in [6, 6.07) is 0.